The average Bonchev–Trinajstić information content (AvgIpc) is 3.45. The molecule has 0 radical (unpaired) electrons. The zero-order valence-corrected chi connectivity index (χ0v) is 17.1. The van der Waals surface area contributed by atoms with Gasteiger partial charge in [0.15, 0.2) is 17.3 Å². The van der Waals surface area contributed by atoms with E-state index in [0.717, 1.165) is 12.0 Å². The van der Waals surface area contributed by atoms with Crippen LogP contribution in [0.3, 0.4) is 0 Å². The van der Waals surface area contributed by atoms with Gasteiger partial charge in [0.1, 0.15) is 5.82 Å². The maximum Gasteiger partial charge on any atom is 0.351 e. The number of rotatable bonds is 5. The number of carbonyl (C=O) groups excluding carboxylic acids is 1. The molecule has 0 unspecified atom stereocenters. The molecule has 1 aliphatic rings. The summed E-state index contributed by atoms with van der Waals surface area (Å²) in [5, 5.41) is 8.33. The van der Waals surface area contributed by atoms with Gasteiger partial charge in [0.05, 0.1) is 11.7 Å². The van der Waals surface area contributed by atoms with Crippen molar-refractivity contribution in [2.24, 2.45) is 12.8 Å². The van der Waals surface area contributed by atoms with E-state index in [4.69, 9.17) is 10.5 Å². The highest BCUT2D eigenvalue weighted by molar-refractivity contribution is 5.91. The third-order valence-electron chi connectivity index (χ3n) is 5.48. The molecule has 9 nitrogen and oxygen atoms in total. The molecule has 1 amide bonds. The third-order valence-corrected chi connectivity index (χ3v) is 5.48. The van der Waals surface area contributed by atoms with Crippen LogP contribution in [-0.4, -0.2) is 30.0 Å². The van der Waals surface area contributed by atoms with Crippen molar-refractivity contribution in [3.8, 4) is 17.3 Å². The van der Waals surface area contributed by atoms with Crippen molar-refractivity contribution in [1.82, 2.24) is 24.1 Å². The summed E-state index contributed by atoms with van der Waals surface area (Å²) >= 11 is 0. The molecule has 2 N–H and O–H groups in total. The minimum atomic E-state index is -0.715. The van der Waals surface area contributed by atoms with Crippen LogP contribution in [0, 0.1) is 5.82 Å². The number of aryl methyl sites for hydroxylation is 2. The molecular weight excluding hydrogens is 415 g/mol. The Kier molecular flexibility index (Phi) is 4.62. The highest BCUT2D eigenvalue weighted by atomic mass is 19.1. The molecule has 0 spiro atoms. The van der Waals surface area contributed by atoms with Gasteiger partial charge in [-0.05, 0) is 24.1 Å². The van der Waals surface area contributed by atoms with E-state index >= 15 is 0 Å². The summed E-state index contributed by atoms with van der Waals surface area (Å²) in [4.78, 5) is 24.4. The average molecular weight is 434 g/mol. The monoisotopic (exact) mass is 434 g/mol. The Morgan fingerprint density at radius 3 is 2.62 bits per heavy atom. The van der Waals surface area contributed by atoms with Gasteiger partial charge < -0.3 is 10.5 Å². The molecule has 2 aromatic carbocycles. The maximum atomic E-state index is 14.8. The van der Waals surface area contributed by atoms with Crippen molar-refractivity contribution < 1.29 is 13.9 Å². The molecule has 1 aliphatic heterocycles. The van der Waals surface area contributed by atoms with Crippen LogP contribution in [0.25, 0.3) is 5.69 Å². The number of nitrogens with zero attached hydrogens (tertiary/aromatic N) is 5. The highest BCUT2D eigenvalue weighted by Gasteiger charge is 2.29. The van der Waals surface area contributed by atoms with Gasteiger partial charge in [-0.15, -0.1) is 5.10 Å². The molecule has 0 bridgehead atoms. The van der Waals surface area contributed by atoms with Gasteiger partial charge in [-0.1, -0.05) is 30.3 Å². The Morgan fingerprint density at radius 1 is 1.16 bits per heavy atom. The fraction of sp³-hybridized carbons (Fsp3) is 0.182. The summed E-state index contributed by atoms with van der Waals surface area (Å²) in [6.07, 6.45) is 1.45. The lowest BCUT2D eigenvalue weighted by molar-refractivity contribution is 0.0995. The Bertz CT molecular complexity index is 1390. The van der Waals surface area contributed by atoms with Crippen LogP contribution in [0.15, 0.2) is 59.4 Å². The van der Waals surface area contributed by atoms with Crippen LogP contribution >= 0.6 is 0 Å². The predicted octanol–water partition coefficient (Wildman–Crippen LogP) is 2.33. The first-order chi connectivity index (χ1) is 15.4. The van der Waals surface area contributed by atoms with E-state index in [9.17, 15) is 14.0 Å². The fourth-order valence-electron chi connectivity index (χ4n) is 3.94. The second-order valence-electron chi connectivity index (χ2n) is 7.52. The number of halogens is 1. The molecule has 2 aromatic heterocycles. The molecule has 0 saturated heterocycles. The maximum absolute atomic E-state index is 14.8. The number of amides is 1. The lowest BCUT2D eigenvalue weighted by Crippen LogP contribution is -2.26. The topological polar surface area (TPSA) is 110 Å². The van der Waals surface area contributed by atoms with E-state index < -0.39 is 11.7 Å². The van der Waals surface area contributed by atoms with Crippen molar-refractivity contribution in [1.29, 1.82) is 0 Å². The smallest absolute Gasteiger partial charge is 0.351 e. The summed E-state index contributed by atoms with van der Waals surface area (Å²) < 4.78 is 24.5. The summed E-state index contributed by atoms with van der Waals surface area (Å²) in [5.74, 6) is -0.682. The van der Waals surface area contributed by atoms with Gasteiger partial charge in [0.25, 0.3) is 5.91 Å². The first-order valence-electron chi connectivity index (χ1n) is 9.99. The van der Waals surface area contributed by atoms with Crippen LogP contribution in [0.5, 0.6) is 11.6 Å². The molecule has 32 heavy (non-hydrogen) atoms. The van der Waals surface area contributed by atoms with E-state index in [1.165, 1.54) is 27.6 Å². The summed E-state index contributed by atoms with van der Waals surface area (Å²) in [6, 6.07) is 15.1. The molecule has 10 heteroatoms. The lowest BCUT2D eigenvalue weighted by Gasteiger charge is -2.12. The second kappa shape index (κ2) is 7.49. The molecule has 5 rings (SSSR count). The second-order valence-corrected chi connectivity index (χ2v) is 7.52. The van der Waals surface area contributed by atoms with Crippen LogP contribution in [0.2, 0.25) is 0 Å². The first kappa shape index (κ1) is 19.7. The minimum absolute atomic E-state index is 0.00609. The Labute approximate surface area is 181 Å². The first-order valence-corrected chi connectivity index (χ1v) is 9.99. The van der Waals surface area contributed by atoms with E-state index in [-0.39, 0.29) is 34.7 Å². The number of nitrogens with two attached hydrogens (primary N) is 1. The van der Waals surface area contributed by atoms with Gasteiger partial charge in [0.2, 0.25) is 5.88 Å². The van der Waals surface area contributed by atoms with Crippen LogP contribution < -0.4 is 16.2 Å². The Hall–Kier alpha value is -4.21. The Balaban J connectivity index is 1.46. The van der Waals surface area contributed by atoms with Crippen LogP contribution in [0.4, 0.5) is 4.39 Å². The molecule has 3 heterocycles. The molecule has 0 fully saturated rings. The molecule has 0 aliphatic carbocycles. The molecular formula is C22H19FN6O3. The number of aromatic nitrogens is 5. The van der Waals surface area contributed by atoms with E-state index in [1.54, 1.807) is 17.7 Å². The summed E-state index contributed by atoms with van der Waals surface area (Å²) in [5.41, 5.74) is 6.22. The van der Waals surface area contributed by atoms with Crippen molar-refractivity contribution in [3.05, 3.63) is 88.0 Å². The van der Waals surface area contributed by atoms with Gasteiger partial charge in [0, 0.05) is 25.6 Å². The Morgan fingerprint density at radius 2 is 1.94 bits per heavy atom. The number of primary amides is 1. The highest BCUT2D eigenvalue weighted by Crippen LogP contribution is 2.30. The zero-order chi connectivity index (χ0) is 22.4. The van der Waals surface area contributed by atoms with Crippen molar-refractivity contribution in [2.75, 3.05) is 0 Å². The number of fused-ring (bicyclic) bond motifs is 1. The van der Waals surface area contributed by atoms with E-state index in [0.29, 0.717) is 12.2 Å². The number of hydrogen-bond donors (Lipinski definition) is 1. The molecule has 162 valence electrons. The SMILES string of the molecule is Cn1nc(C(N)=O)cc1Oc1ccc(-n2nc3n(c2=O)[C@H](c2ccccc2)CC3)cc1F. The minimum Gasteiger partial charge on any atom is -0.436 e. The molecule has 0 saturated carbocycles. The largest absolute Gasteiger partial charge is 0.436 e. The number of carbonyl (C=O) groups is 1. The van der Waals surface area contributed by atoms with Crippen LogP contribution in [0.1, 0.15) is 34.3 Å². The van der Waals surface area contributed by atoms with Crippen molar-refractivity contribution >= 4 is 5.91 Å². The van der Waals surface area contributed by atoms with E-state index in [1.807, 2.05) is 30.3 Å². The van der Waals surface area contributed by atoms with E-state index in [2.05, 4.69) is 10.2 Å². The fourth-order valence-corrected chi connectivity index (χ4v) is 3.94. The number of benzene rings is 2. The normalized spacial score (nSPS) is 15.0. The summed E-state index contributed by atoms with van der Waals surface area (Å²) in [6.45, 7) is 0. The standard InChI is InChI=1S/C22H19FN6O3/c1-27-20(12-16(25-27)21(24)30)32-18-9-7-14(11-15(18)23)29-22(31)28-17(8-10-19(28)26-29)13-5-3-2-4-6-13/h2-7,9,11-12,17H,8,10H2,1H3,(H2,24,30)/t17-/m0/s1. The lowest BCUT2D eigenvalue weighted by atomic mass is 10.1. The zero-order valence-electron chi connectivity index (χ0n) is 17.1. The summed E-state index contributed by atoms with van der Waals surface area (Å²) in [7, 11) is 1.55. The molecule has 1 atom stereocenters. The van der Waals surface area contributed by atoms with Gasteiger partial charge in [-0.25, -0.2) is 13.9 Å². The van der Waals surface area contributed by atoms with Gasteiger partial charge in [-0.2, -0.15) is 9.78 Å². The van der Waals surface area contributed by atoms with Gasteiger partial charge in [-0.3, -0.25) is 9.36 Å². The quantitative estimate of drug-likeness (QED) is 0.518. The van der Waals surface area contributed by atoms with Crippen molar-refractivity contribution in [3.63, 3.8) is 0 Å². The van der Waals surface area contributed by atoms with Gasteiger partial charge >= 0.3 is 5.69 Å². The number of ether oxygens (including phenoxy) is 1. The van der Waals surface area contributed by atoms with Crippen molar-refractivity contribution in [2.45, 2.75) is 18.9 Å². The van der Waals surface area contributed by atoms with Crippen LogP contribution in [-0.2, 0) is 13.5 Å². The number of hydrogen-bond acceptors (Lipinski definition) is 5. The molecule has 4 aromatic rings. The predicted molar refractivity (Wildman–Crippen MR) is 112 cm³/mol. The third kappa shape index (κ3) is 3.25.